The van der Waals surface area contributed by atoms with Crippen molar-refractivity contribution in [1.29, 1.82) is 0 Å². The SMILES string of the molecule is CN=C(NCCC1=CCCCC1)NCc1cn2ccsc2n1.I. The molecule has 0 unspecified atom stereocenters. The van der Waals surface area contributed by atoms with E-state index in [1.165, 1.54) is 25.7 Å². The molecule has 1 aliphatic carbocycles. The number of hydrogen-bond acceptors (Lipinski definition) is 3. The zero-order valence-electron chi connectivity index (χ0n) is 13.4. The van der Waals surface area contributed by atoms with Gasteiger partial charge in [0.05, 0.1) is 12.2 Å². The van der Waals surface area contributed by atoms with Gasteiger partial charge in [-0.2, -0.15) is 0 Å². The van der Waals surface area contributed by atoms with Gasteiger partial charge in [0.1, 0.15) is 0 Å². The van der Waals surface area contributed by atoms with Gasteiger partial charge in [0.25, 0.3) is 0 Å². The second kappa shape index (κ2) is 9.27. The van der Waals surface area contributed by atoms with Crippen molar-refractivity contribution in [2.75, 3.05) is 13.6 Å². The number of guanidine groups is 1. The lowest BCUT2D eigenvalue weighted by atomic mass is 9.97. The number of halogens is 1. The zero-order chi connectivity index (χ0) is 15.2. The molecule has 2 N–H and O–H groups in total. The van der Waals surface area contributed by atoms with Gasteiger partial charge in [0.15, 0.2) is 10.9 Å². The maximum absolute atomic E-state index is 4.56. The van der Waals surface area contributed by atoms with Crippen LogP contribution in [0.2, 0.25) is 0 Å². The molecule has 0 fully saturated rings. The number of hydrogen-bond donors (Lipinski definition) is 2. The minimum Gasteiger partial charge on any atom is -0.356 e. The van der Waals surface area contributed by atoms with Crippen molar-refractivity contribution >= 4 is 46.2 Å². The summed E-state index contributed by atoms with van der Waals surface area (Å²) >= 11 is 1.65. The molecule has 0 aromatic carbocycles. The summed E-state index contributed by atoms with van der Waals surface area (Å²) in [5, 5.41) is 8.74. The smallest absolute Gasteiger partial charge is 0.193 e. The quantitative estimate of drug-likeness (QED) is 0.320. The van der Waals surface area contributed by atoms with E-state index in [1.807, 2.05) is 16.0 Å². The minimum absolute atomic E-state index is 0. The molecule has 0 atom stereocenters. The standard InChI is InChI=1S/C16H23N5S.HI/c1-17-15(18-8-7-13-5-3-2-4-6-13)19-11-14-12-21-9-10-22-16(21)20-14;/h5,9-10,12H,2-4,6-8,11H2,1H3,(H2,17,18,19);1H. The van der Waals surface area contributed by atoms with Crippen molar-refractivity contribution in [3.63, 3.8) is 0 Å². The van der Waals surface area contributed by atoms with Crippen molar-refractivity contribution < 1.29 is 0 Å². The maximum atomic E-state index is 4.56. The molecule has 2 heterocycles. The Morgan fingerprint density at radius 3 is 3.04 bits per heavy atom. The van der Waals surface area contributed by atoms with Crippen LogP contribution in [0.1, 0.15) is 37.8 Å². The van der Waals surface area contributed by atoms with E-state index < -0.39 is 0 Å². The molecule has 0 amide bonds. The zero-order valence-corrected chi connectivity index (χ0v) is 16.6. The summed E-state index contributed by atoms with van der Waals surface area (Å²) in [5.41, 5.74) is 2.62. The second-order valence-corrected chi connectivity index (χ2v) is 6.41. The number of thiazole rings is 1. The molecule has 1 aliphatic rings. The number of fused-ring (bicyclic) bond motifs is 1. The highest BCUT2D eigenvalue weighted by atomic mass is 127. The third-order valence-electron chi connectivity index (χ3n) is 3.93. The van der Waals surface area contributed by atoms with Gasteiger partial charge in [-0.3, -0.25) is 9.39 Å². The Morgan fingerprint density at radius 1 is 1.39 bits per heavy atom. The maximum Gasteiger partial charge on any atom is 0.193 e. The van der Waals surface area contributed by atoms with Crippen LogP contribution in [-0.2, 0) is 6.54 Å². The van der Waals surface area contributed by atoms with E-state index in [9.17, 15) is 0 Å². The molecule has 0 radical (unpaired) electrons. The molecule has 0 saturated carbocycles. The van der Waals surface area contributed by atoms with Crippen molar-refractivity contribution in [1.82, 2.24) is 20.0 Å². The fraction of sp³-hybridized carbons (Fsp3) is 0.500. The van der Waals surface area contributed by atoms with Crippen LogP contribution in [0.4, 0.5) is 0 Å². The monoisotopic (exact) mass is 445 g/mol. The van der Waals surface area contributed by atoms with Gasteiger partial charge in [-0.25, -0.2) is 4.98 Å². The van der Waals surface area contributed by atoms with Gasteiger partial charge in [0, 0.05) is 31.4 Å². The number of imidazole rings is 1. The number of nitrogens with one attached hydrogen (secondary N) is 2. The number of rotatable bonds is 5. The lowest BCUT2D eigenvalue weighted by Crippen LogP contribution is -2.37. The van der Waals surface area contributed by atoms with Crippen LogP contribution in [0.15, 0.2) is 34.4 Å². The first kappa shape index (κ1) is 18.3. The Morgan fingerprint density at radius 2 is 2.30 bits per heavy atom. The highest BCUT2D eigenvalue weighted by Gasteiger charge is 2.05. The van der Waals surface area contributed by atoms with Crippen molar-refractivity contribution in [2.24, 2.45) is 4.99 Å². The lowest BCUT2D eigenvalue weighted by Gasteiger charge is -2.14. The van der Waals surface area contributed by atoms with Crippen LogP contribution in [0, 0.1) is 0 Å². The van der Waals surface area contributed by atoms with E-state index in [2.05, 4.69) is 32.9 Å². The van der Waals surface area contributed by atoms with Gasteiger partial charge in [-0.1, -0.05) is 11.6 Å². The summed E-state index contributed by atoms with van der Waals surface area (Å²) in [6, 6.07) is 0. The molecule has 126 valence electrons. The summed E-state index contributed by atoms with van der Waals surface area (Å²) in [6.07, 6.45) is 12.8. The number of nitrogens with zero attached hydrogens (tertiary/aromatic N) is 3. The first-order valence-corrected chi connectivity index (χ1v) is 8.76. The molecule has 2 aromatic heterocycles. The third-order valence-corrected chi connectivity index (χ3v) is 4.70. The Balaban J connectivity index is 0.00000192. The van der Waals surface area contributed by atoms with Gasteiger partial charge in [-0.15, -0.1) is 35.3 Å². The molecule has 0 aliphatic heterocycles. The van der Waals surface area contributed by atoms with Crippen molar-refractivity contribution in [2.45, 2.75) is 38.6 Å². The highest BCUT2D eigenvalue weighted by Crippen LogP contribution is 2.19. The largest absolute Gasteiger partial charge is 0.356 e. The molecule has 23 heavy (non-hydrogen) atoms. The normalized spacial score (nSPS) is 15.2. The average molecular weight is 445 g/mol. The van der Waals surface area contributed by atoms with Gasteiger partial charge in [0.2, 0.25) is 0 Å². The first-order chi connectivity index (χ1) is 10.8. The fourth-order valence-corrected chi connectivity index (χ4v) is 3.45. The predicted octanol–water partition coefficient (Wildman–Crippen LogP) is 3.57. The van der Waals surface area contributed by atoms with Gasteiger partial charge < -0.3 is 10.6 Å². The van der Waals surface area contributed by atoms with Gasteiger partial charge in [-0.05, 0) is 32.1 Å². The molecule has 0 saturated heterocycles. The molecule has 0 bridgehead atoms. The van der Waals surface area contributed by atoms with E-state index >= 15 is 0 Å². The molecular formula is C16H24IN5S. The van der Waals surface area contributed by atoms with Crippen LogP contribution >= 0.6 is 35.3 Å². The number of aromatic nitrogens is 2. The summed E-state index contributed by atoms with van der Waals surface area (Å²) in [6.45, 7) is 1.63. The Hall–Kier alpha value is -1.09. The Labute approximate surface area is 158 Å². The summed E-state index contributed by atoms with van der Waals surface area (Å²) in [4.78, 5) is 9.86. The van der Waals surface area contributed by atoms with Crippen LogP contribution < -0.4 is 10.6 Å². The molecule has 5 nitrogen and oxygen atoms in total. The third kappa shape index (κ3) is 5.20. The summed E-state index contributed by atoms with van der Waals surface area (Å²) in [7, 11) is 1.81. The van der Waals surface area contributed by atoms with Crippen LogP contribution in [0.25, 0.3) is 4.96 Å². The fourth-order valence-electron chi connectivity index (χ4n) is 2.73. The van der Waals surface area contributed by atoms with E-state index in [0.717, 1.165) is 29.6 Å². The summed E-state index contributed by atoms with van der Waals surface area (Å²) in [5.74, 6) is 0.841. The predicted molar refractivity (Wildman–Crippen MR) is 108 cm³/mol. The first-order valence-electron chi connectivity index (χ1n) is 7.88. The second-order valence-electron chi connectivity index (χ2n) is 5.54. The van der Waals surface area contributed by atoms with E-state index in [4.69, 9.17) is 0 Å². The van der Waals surface area contributed by atoms with Gasteiger partial charge >= 0.3 is 0 Å². The van der Waals surface area contributed by atoms with Crippen LogP contribution in [0.5, 0.6) is 0 Å². The molecular weight excluding hydrogens is 421 g/mol. The van der Waals surface area contributed by atoms with Crippen LogP contribution in [-0.4, -0.2) is 28.9 Å². The average Bonchev–Trinajstić information content (AvgIpc) is 3.13. The van der Waals surface area contributed by atoms with E-state index in [1.54, 1.807) is 24.0 Å². The Bertz CT molecular complexity index is 644. The number of allylic oxidation sites excluding steroid dienone is 1. The van der Waals surface area contributed by atoms with Crippen LogP contribution in [0.3, 0.4) is 0 Å². The minimum atomic E-state index is 0. The van der Waals surface area contributed by atoms with E-state index in [0.29, 0.717) is 6.54 Å². The number of aliphatic imine (C=N–C) groups is 1. The summed E-state index contributed by atoms with van der Waals surface area (Å²) < 4.78 is 2.05. The molecule has 2 aromatic rings. The van der Waals surface area contributed by atoms with Crippen molar-refractivity contribution in [3.8, 4) is 0 Å². The van der Waals surface area contributed by atoms with Crippen molar-refractivity contribution in [3.05, 3.63) is 35.1 Å². The Kier molecular flexibility index (Phi) is 7.35. The van der Waals surface area contributed by atoms with E-state index in [-0.39, 0.29) is 24.0 Å². The lowest BCUT2D eigenvalue weighted by molar-refractivity contribution is 0.665. The highest BCUT2D eigenvalue weighted by molar-refractivity contribution is 14.0. The molecule has 3 rings (SSSR count). The molecule has 0 spiro atoms. The molecule has 7 heteroatoms. The topological polar surface area (TPSA) is 53.7 Å².